The summed E-state index contributed by atoms with van der Waals surface area (Å²) in [5.41, 5.74) is 0.845. The number of nitrogens with zero attached hydrogens (tertiary/aromatic N) is 3. The van der Waals surface area contributed by atoms with Gasteiger partial charge in [-0.3, -0.25) is 14.5 Å². The molecule has 1 aliphatic rings. The fourth-order valence-corrected chi connectivity index (χ4v) is 6.03. The Balaban J connectivity index is 1.72. The van der Waals surface area contributed by atoms with Crippen molar-refractivity contribution in [2.24, 2.45) is 0 Å². The predicted octanol–water partition coefficient (Wildman–Crippen LogP) is 5.03. The van der Waals surface area contributed by atoms with Crippen LogP contribution < -0.4 is 0 Å². The Morgan fingerprint density at radius 2 is 1.36 bits per heavy atom. The van der Waals surface area contributed by atoms with Gasteiger partial charge in [-0.25, -0.2) is 17.4 Å². The van der Waals surface area contributed by atoms with Crippen LogP contribution in [-0.2, 0) is 16.6 Å². The van der Waals surface area contributed by atoms with Crippen LogP contribution in [0.4, 0.5) is 0 Å². The van der Waals surface area contributed by atoms with Crippen molar-refractivity contribution in [3.8, 4) is 0 Å². The first kappa shape index (κ1) is 21.9. The molecule has 166 valence electrons. The summed E-state index contributed by atoms with van der Waals surface area (Å²) in [6, 6.07) is 15.1. The number of hydrogen-bond donors (Lipinski definition) is 0. The molecular formula is C22H12Cl3N3O4S. The number of halogens is 3. The minimum atomic E-state index is -4.29. The monoisotopic (exact) mass is 519 g/mol. The highest BCUT2D eigenvalue weighted by Gasteiger charge is 2.37. The molecule has 0 spiro atoms. The van der Waals surface area contributed by atoms with Crippen LogP contribution in [0.2, 0.25) is 15.1 Å². The number of carbonyl (C=O) groups is 2. The van der Waals surface area contributed by atoms with Crippen LogP contribution in [0.5, 0.6) is 0 Å². The Morgan fingerprint density at radius 3 is 2.00 bits per heavy atom. The summed E-state index contributed by atoms with van der Waals surface area (Å²) in [4.78, 5) is 30.9. The zero-order chi connectivity index (χ0) is 23.5. The SMILES string of the molecule is O=C1c2ccccc2C(=O)N1Cc1nc2cc(Cl)c(Cl)cc2n1S(=O)(=O)c1ccccc1Cl. The Morgan fingerprint density at radius 1 is 0.788 bits per heavy atom. The van der Waals surface area contributed by atoms with Gasteiger partial charge in [0.25, 0.3) is 21.8 Å². The zero-order valence-electron chi connectivity index (χ0n) is 16.5. The summed E-state index contributed by atoms with van der Waals surface area (Å²) in [5.74, 6) is -1.15. The molecule has 2 amide bonds. The van der Waals surface area contributed by atoms with E-state index in [0.717, 1.165) is 8.87 Å². The topological polar surface area (TPSA) is 89.3 Å². The van der Waals surface area contributed by atoms with E-state index < -0.39 is 21.8 Å². The van der Waals surface area contributed by atoms with Crippen molar-refractivity contribution in [2.45, 2.75) is 11.4 Å². The first-order valence-corrected chi connectivity index (χ1v) is 12.1. The molecule has 0 saturated carbocycles. The third kappa shape index (κ3) is 3.41. The lowest BCUT2D eigenvalue weighted by atomic mass is 10.1. The van der Waals surface area contributed by atoms with Gasteiger partial charge in [0.2, 0.25) is 0 Å². The number of imide groups is 1. The van der Waals surface area contributed by atoms with Crippen LogP contribution in [-0.4, -0.2) is 34.1 Å². The van der Waals surface area contributed by atoms with Crippen LogP contribution >= 0.6 is 34.8 Å². The van der Waals surface area contributed by atoms with Gasteiger partial charge in [-0.15, -0.1) is 0 Å². The molecule has 0 radical (unpaired) electrons. The highest BCUT2D eigenvalue weighted by Crippen LogP contribution is 2.33. The zero-order valence-corrected chi connectivity index (χ0v) is 19.6. The van der Waals surface area contributed by atoms with Crippen molar-refractivity contribution in [3.63, 3.8) is 0 Å². The number of benzene rings is 3. The van der Waals surface area contributed by atoms with Gasteiger partial charge in [0.05, 0.1) is 43.8 Å². The number of fused-ring (bicyclic) bond motifs is 2. The Bertz CT molecular complexity index is 1560. The van der Waals surface area contributed by atoms with E-state index in [9.17, 15) is 18.0 Å². The van der Waals surface area contributed by atoms with Gasteiger partial charge in [0.1, 0.15) is 10.7 Å². The van der Waals surface area contributed by atoms with Crippen molar-refractivity contribution < 1.29 is 18.0 Å². The molecule has 33 heavy (non-hydrogen) atoms. The second kappa shape index (κ2) is 7.85. The molecular weight excluding hydrogens is 509 g/mol. The molecule has 1 aliphatic heterocycles. The second-order valence-electron chi connectivity index (χ2n) is 7.22. The van der Waals surface area contributed by atoms with Crippen LogP contribution in [0.1, 0.15) is 26.5 Å². The molecule has 0 saturated heterocycles. The molecule has 0 fully saturated rings. The minimum absolute atomic E-state index is 0.00564. The number of amides is 2. The Hall–Kier alpha value is -2.91. The lowest BCUT2D eigenvalue weighted by molar-refractivity contribution is 0.0638. The van der Waals surface area contributed by atoms with E-state index in [1.54, 1.807) is 30.3 Å². The summed E-state index contributed by atoms with van der Waals surface area (Å²) < 4.78 is 28.3. The van der Waals surface area contributed by atoms with Crippen LogP contribution in [0, 0.1) is 0 Å². The van der Waals surface area contributed by atoms with Crippen LogP contribution in [0.25, 0.3) is 11.0 Å². The van der Waals surface area contributed by atoms with Gasteiger partial charge in [-0.05, 0) is 36.4 Å². The van der Waals surface area contributed by atoms with E-state index in [4.69, 9.17) is 34.8 Å². The summed E-state index contributed by atoms with van der Waals surface area (Å²) in [5, 5.41) is 0.300. The molecule has 4 aromatic rings. The fraction of sp³-hybridized carbons (Fsp3) is 0.0455. The summed E-state index contributed by atoms with van der Waals surface area (Å²) in [6.07, 6.45) is 0. The molecule has 0 aliphatic carbocycles. The maximum Gasteiger partial charge on any atom is 0.271 e. The highest BCUT2D eigenvalue weighted by molar-refractivity contribution is 7.90. The van der Waals surface area contributed by atoms with E-state index in [1.165, 1.54) is 30.3 Å². The number of aromatic nitrogens is 2. The van der Waals surface area contributed by atoms with Gasteiger partial charge in [-0.1, -0.05) is 59.1 Å². The smallest absolute Gasteiger partial charge is 0.269 e. The third-order valence-corrected chi connectivity index (χ3v) is 8.22. The Kier molecular flexibility index (Phi) is 5.21. The van der Waals surface area contributed by atoms with Gasteiger partial charge >= 0.3 is 0 Å². The average Bonchev–Trinajstić information content (AvgIpc) is 3.25. The van der Waals surface area contributed by atoms with Crippen molar-refractivity contribution in [1.82, 2.24) is 13.9 Å². The van der Waals surface area contributed by atoms with Crippen molar-refractivity contribution in [2.75, 3.05) is 0 Å². The van der Waals surface area contributed by atoms with E-state index in [1.807, 2.05) is 0 Å². The summed E-state index contributed by atoms with van der Waals surface area (Å²) >= 11 is 18.5. The van der Waals surface area contributed by atoms with Gasteiger partial charge < -0.3 is 0 Å². The highest BCUT2D eigenvalue weighted by atomic mass is 35.5. The molecule has 3 aromatic carbocycles. The Labute approximate surface area is 203 Å². The molecule has 11 heteroatoms. The van der Waals surface area contributed by atoms with Crippen molar-refractivity contribution >= 4 is 67.7 Å². The largest absolute Gasteiger partial charge is 0.271 e. The summed E-state index contributed by atoms with van der Waals surface area (Å²) in [7, 11) is -4.29. The molecule has 0 N–H and O–H groups in total. The molecule has 0 bridgehead atoms. The first-order chi connectivity index (χ1) is 15.7. The van der Waals surface area contributed by atoms with Gasteiger partial charge in [0.15, 0.2) is 0 Å². The van der Waals surface area contributed by atoms with E-state index in [2.05, 4.69) is 4.98 Å². The van der Waals surface area contributed by atoms with Gasteiger partial charge in [-0.2, -0.15) is 0 Å². The maximum absolute atomic E-state index is 13.7. The third-order valence-electron chi connectivity index (χ3n) is 5.25. The maximum atomic E-state index is 13.7. The molecule has 7 nitrogen and oxygen atoms in total. The lowest BCUT2D eigenvalue weighted by Crippen LogP contribution is -2.31. The molecule has 1 aromatic heterocycles. The van der Waals surface area contributed by atoms with Crippen LogP contribution in [0.3, 0.4) is 0 Å². The minimum Gasteiger partial charge on any atom is -0.269 e. The van der Waals surface area contributed by atoms with E-state index >= 15 is 0 Å². The standard InChI is InChI=1S/C22H12Cl3N3O4S/c23-14-7-3-4-8-19(14)33(31,32)28-18-10-16(25)15(24)9-17(18)26-20(28)11-27-21(29)12-5-1-2-6-13(12)22(27)30/h1-10H,11H2. The molecule has 0 atom stereocenters. The second-order valence-corrected chi connectivity index (χ2v) is 10.2. The summed E-state index contributed by atoms with van der Waals surface area (Å²) in [6.45, 7) is -0.389. The van der Waals surface area contributed by atoms with Gasteiger partial charge in [0, 0.05) is 0 Å². The number of carbonyl (C=O) groups excluding carboxylic acids is 2. The number of imidazole rings is 1. The molecule has 2 heterocycles. The quantitative estimate of drug-likeness (QED) is 0.352. The molecule has 0 unspecified atom stereocenters. The molecule has 5 rings (SSSR count). The normalized spacial score (nSPS) is 13.7. The van der Waals surface area contributed by atoms with Crippen molar-refractivity contribution in [1.29, 1.82) is 0 Å². The van der Waals surface area contributed by atoms with Crippen molar-refractivity contribution in [3.05, 3.63) is 92.7 Å². The van der Waals surface area contributed by atoms with Crippen LogP contribution in [0.15, 0.2) is 65.6 Å². The number of rotatable bonds is 4. The van der Waals surface area contributed by atoms with E-state index in [0.29, 0.717) is 0 Å². The first-order valence-electron chi connectivity index (χ1n) is 9.52. The fourth-order valence-electron chi connectivity index (χ4n) is 3.75. The lowest BCUT2D eigenvalue weighted by Gasteiger charge is -2.16. The van der Waals surface area contributed by atoms with E-state index in [-0.39, 0.29) is 54.5 Å². The average molecular weight is 521 g/mol. The predicted molar refractivity (Wildman–Crippen MR) is 124 cm³/mol. The number of hydrogen-bond acceptors (Lipinski definition) is 5.